The van der Waals surface area contributed by atoms with Gasteiger partial charge in [0, 0.05) is 24.6 Å². The summed E-state index contributed by atoms with van der Waals surface area (Å²) in [6.45, 7) is 1.40. The van der Waals surface area contributed by atoms with Gasteiger partial charge >= 0.3 is 18.0 Å². The van der Waals surface area contributed by atoms with Gasteiger partial charge in [0.05, 0.1) is 10.6 Å². The molecule has 0 atom stereocenters. The first kappa shape index (κ1) is 32.8. The predicted octanol–water partition coefficient (Wildman–Crippen LogP) is 7.45. The highest BCUT2D eigenvalue weighted by Crippen LogP contribution is 2.53. The van der Waals surface area contributed by atoms with Crippen molar-refractivity contribution in [3.05, 3.63) is 65.0 Å². The molecule has 3 rings (SSSR count). The normalized spacial score (nSPS) is 15.6. The van der Waals surface area contributed by atoms with Crippen LogP contribution in [0, 0.1) is 11.7 Å². The van der Waals surface area contributed by atoms with Crippen LogP contribution in [-0.2, 0) is 33.3 Å². The molecule has 1 saturated carbocycles. The zero-order valence-electron chi connectivity index (χ0n) is 22.3. The van der Waals surface area contributed by atoms with Crippen molar-refractivity contribution in [2.45, 2.75) is 81.3 Å². The number of carbonyl (C=O) groups excluding carboxylic acids is 1. The van der Waals surface area contributed by atoms with Crippen molar-refractivity contribution in [1.29, 1.82) is 0 Å². The Labute approximate surface area is 233 Å². The monoisotopic (exact) mass is 613 g/mol. The highest BCUT2D eigenvalue weighted by atomic mass is 32.2. The van der Waals surface area contributed by atoms with Crippen LogP contribution in [0.1, 0.15) is 62.1 Å². The molecule has 1 fully saturated rings. The molecular formula is C28H31F8NO3S. The Hall–Kier alpha value is -2.70. The van der Waals surface area contributed by atoms with Crippen molar-refractivity contribution >= 4 is 15.7 Å². The van der Waals surface area contributed by atoms with Gasteiger partial charge in [-0.05, 0) is 55.0 Å². The Balaban J connectivity index is 1.80. The SMILES string of the molecule is CCc1cc(S(=O)(=O)CCCN(Cc2ccc(C(F)(C(F)(F)F)C(F)(F)F)cc2)C(=O)C2CCCCC2)ccc1F. The fourth-order valence-electron chi connectivity index (χ4n) is 5.00. The van der Waals surface area contributed by atoms with Gasteiger partial charge in [0.2, 0.25) is 5.91 Å². The topological polar surface area (TPSA) is 54.5 Å². The summed E-state index contributed by atoms with van der Waals surface area (Å²) in [6, 6.07) is 6.05. The molecule has 2 aromatic rings. The molecule has 4 nitrogen and oxygen atoms in total. The van der Waals surface area contributed by atoms with Gasteiger partial charge in [0.25, 0.3) is 0 Å². The number of aryl methyl sites for hydroxylation is 1. The Morgan fingerprint density at radius 2 is 1.49 bits per heavy atom. The van der Waals surface area contributed by atoms with Crippen LogP contribution in [-0.4, -0.2) is 43.9 Å². The zero-order chi connectivity index (χ0) is 30.6. The zero-order valence-corrected chi connectivity index (χ0v) is 23.1. The third-order valence-corrected chi connectivity index (χ3v) is 9.17. The predicted molar refractivity (Wildman–Crippen MR) is 136 cm³/mol. The molecule has 41 heavy (non-hydrogen) atoms. The van der Waals surface area contributed by atoms with E-state index < -0.39 is 39.2 Å². The fraction of sp³-hybridized carbons (Fsp3) is 0.536. The molecule has 1 aliphatic rings. The van der Waals surface area contributed by atoms with Crippen molar-refractivity contribution in [1.82, 2.24) is 4.90 Å². The maximum absolute atomic E-state index is 14.4. The quantitative estimate of drug-likeness (QED) is 0.207. The molecule has 1 amide bonds. The van der Waals surface area contributed by atoms with Gasteiger partial charge in [-0.2, -0.15) is 26.3 Å². The highest BCUT2D eigenvalue weighted by molar-refractivity contribution is 7.91. The molecule has 0 heterocycles. The summed E-state index contributed by atoms with van der Waals surface area (Å²) >= 11 is 0. The molecule has 2 aromatic carbocycles. The largest absolute Gasteiger partial charge is 0.435 e. The molecule has 228 valence electrons. The van der Waals surface area contributed by atoms with Crippen molar-refractivity contribution in [2.24, 2.45) is 5.92 Å². The van der Waals surface area contributed by atoms with Crippen LogP contribution in [0.15, 0.2) is 47.4 Å². The molecule has 0 bridgehead atoms. The second kappa shape index (κ2) is 12.7. The molecule has 0 unspecified atom stereocenters. The van der Waals surface area contributed by atoms with Crippen molar-refractivity contribution in [3.63, 3.8) is 0 Å². The minimum absolute atomic E-state index is 0.0204. The average molecular weight is 614 g/mol. The van der Waals surface area contributed by atoms with Crippen LogP contribution in [0.2, 0.25) is 0 Å². The second-order valence-corrected chi connectivity index (χ2v) is 12.3. The van der Waals surface area contributed by atoms with E-state index in [9.17, 15) is 48.3 Å². The van der Waals surface area contributed by atoms with Gasteiger partial charge < -0.3 is 4.90 Å². The number of halogens is 8. The summed E-state index contributed by atoms with van der Waals surface area (Å²) in [5.41, 5.74) is -6.82. The van der Waals surface area contributed by atoms with E-state index in [0.717, 1.165) is 43.5 Å². The number of alkyl halides is 7. The summed E-state index contributed by atoms with van der Waals surface area (Å²) in [5, 5.41) is 0. The van der Waals surface area contributed by atoms with Crippen LogP contribution >= 0.6 is 0 Å². The van der Waals surface area contributed by atoms with Gasteiger partial charge in [0.15, 0.2) is 9.84 Å². The van der Waals surface area contributed by atoms with Crippen LogP contribution in [0.4, 0.5) is 35.1 Å². The first-order valence-corrected chi connectivity index (χ1v) is 14.9. The van der Waals surface area contributed by atoms with Gasteiger partial charge in [-0.15, -0.1) is 0 Å². The number of nitrogens with zero attached hydrogens (tertiary/aromatic N) is 1. The van der Waals surface area contributed by atoms with E-state index in [4.69, 9.17) is 0 Å². The smallest absolute Gasteiger partial charge is 0.338 e. The maximum Gasteiger partial charge on any atom is 0.435 e. The summed E-state index contributed by atoms with van der Waals surface area (Å²) < 4.78 is 133. The lowest BCUT2D eigenvalue weighted by Gasteiger charge is -2.31. The van der Waals surface area contributed by atoms with E-state index >= 15 is 0 Å². The van der Waals surface area contributed by atoms with Crippen molar-refractivity contribution < 1.29 is 48.3 Å². The number of rotatable bonds is 10. The molecule has 0 aliphatic heterocycles. The van der Waals surface area contributed by atoms with E-state index in [2.05, 4.69) is 0 Å². The van der Waals surface area contributed by atoms with E-state index in [1.165, 1.54) is 11.0 Å². The maximum atomic E-state index is 14.4. The van der Waals surface area contributed by atoms with Crippen molar-refractivity contribution in [2.75, 3.05) is 12.3 Å². The van der Waals surface area contributed by atoms with Crippen LogP contribution in [0.25, 0.3) is 0 Å². The first-order chi connectivity index (χ1) is 19.0. The first-order valence-electron chi connectivity index (χ1n) is 13.2. The van der Waals surface area contributed by atoms with Gasteiger partial charge in [0.1, 0.15) is 5.82 Å². The third kappa shape index (κ3) is 7.39. The lowest BCUT2D eigenvalue weighted by molar-refractivity contribution is -0.348. The molecule has 0 aromatic heterocycles. The molecule has 0 saturated heterocycles. The van der Waals surface area contributed by atoms with E-state index in [0.29, 0.717) is 25.0 Å². The van der Waals surface area contributed by atoms with Crippen LogP contribution < -0.4 is 0 Å². The lowest BCUT2D eigenvalue weighted by Crippen LogP contribution is -2.50. The van der Waals surface area contributed by atoms with E-state index in [1.807, 2.05) is 0 Å². The number of hydrogen-bond donors (Lipinski definition) is 0. The Kier molecular flexibility index (Phi) is 10.1. The highest BCUT2D eigenvalue weighted by Gasteiger charge is 2.73. The number of hydrogen-bond acceptors (Lipinski definition) is 3. The summed E-state index contributed by atoms with van der Waals surface area (Å²) in [5.74, 6) is -1.56. The molecule has 0 spiro atoms. The van der Waals surface area contributed by atoms with Gasteiger partial charge in [-0.1, -0.05) is 50.5 Å². The lowest BCUT2D eigenvalue weighted by atomic mass is 9.88. The Morgan fingerprint density at radius 1 is 0.902 bits per heavy atom. The standard InChI is InChI=1S/C28H31F8NO3S/c1-2-20-17-23(13-14-24(20)29)41(39,40)16-6-15-37(25(38)21-7-4-3-5-8-21)18-19-9-11-22(12-10-19)26(30,27(31,32)33)28(34,35)36/h9-14,17,21H,2-8,15-16,18H2,1H3. The van der Waals surface area contributed by atoms with Gasteiger partial charge in [-0.3, -0.25) is 4.79 Å². The Morgan fingerprint density at radius 3 is 2.02 bits per heavy atom. The number of amides is 1. The van der Waals surface area contributed by atoms with Crippen LogP contribution in [0.5, 0.6) is 0 Å². The van der Waals surface area contributed by atoms with Crippen molar-refractivity contribution in [3.8, 4) is 0 Å². The summed E-state index contributed by atoms with van der Waals surface area (Å²) in [7, 11) is -3.84. The van der Waals surface area contributed by atoms with E-state index in [1.54, 1.807) is 6.92 Å². The summed E-state index contributed by atoms with van der Waals surface area (Å²) in [6.07, 6.45) is -8.46. The van der Waals surface area contributed by atoms with Crippen LogP contribution in [0.3, 0.4) is 0 Å². The molecular weight excluding hydrogens is 582 g/mol. The molecule has 0 N–H and O–H groups in total. The number of sulfone groups is 1. The Bertz CT molecular complexity index is 1290. The molecule has 1 aliphatic carbocycles. The minimum Gasteiger partial charge on any atom is -0.338 e. The van der Waals surface area contributed by atoms with Gasteiger partial charge in [-0.25, -0.2) is 17.2 Å². The average Bonchev–Trinajstić information content (AvgIpc) is 2.91. The molecule has 13 heteroatoms. The minimum atomic E-state index is -6.25. The third-order valence-electron chi connectivity index (χ3n) is 7.37. The van der Waals surface area contributed by atoms with E-state index in [-0.39, 0.29) is 59.5 Å². The summed E-state index contributed by atoms with van der Waals surface area (Å²) in [4.78, 5) is 14.6. The fourth-order valence-corrected chi connectivity index (χ4v) is 6.34. The number of benzene rings is 2. The number of carbonyl (C=O) groups is 1. The second-order valence-electron chi connectivity index (χ2n) is 10.2. The molecule has 0 radical (unpaired) electrons.